The van der Waals surface area contributed by atoms with Gasteiger partial charge in [0.05, 0.1) is 16.3 Å². The fraction of sp³-hybridized carbons (Fsp3) is 0.350. The van der Waals surface area contributed by atoms with Crippen molar-refractivity contribution in [1.29, 1.82) is 0 Å². The Morgan fingerprint density at radius 3 is 2.10 bits per heavy atom. The molecule has 2 aromatic rings. The summed E-state index contributed by atoms with van der Waals surface area (Å²) in [5.74, 6) is -0.478. The highest BCUT2D eigenvalue weighted by Crippen LogP contribution is 2.21. The largest absolute Gasteiger partial charge is 0.351 e. The van der Waals surface area contributed by atoms with Crippen molar-refractivity contribution in [2.24, 2.45) is 0 Å². The molecule has 8 nitrogen and oxygen atoms in total. The number of nitrogens with zero attached hydrogens (tertiary/aromatic N) is 2. The summed E-state index contributed by atoms with van der Waals surface area (Å²) in [7, 11) is -5.98. The van der Waals surface area contributed by atoms with Crippen LogP contribution in [0, 0.1) is 0 Å². The first-order chi connectivity index (χ1) is 14.6. The fourth-order valence-electron chi connectivity index (χ4n) is 3.19. The number of carbonyl (C=O) groups excluding carboxylic acids is 1. The van der Waals surface area contributed by atoms with Crippen LogP contribution < -0.4 is 5.32 Å². The molecule has 0 unspecified atom stereocenters. The number of amides is 1. The second kappa shape index (κ2) is 9.66. The molecular formula is C20H24ClN3O5S2. The van der Waals surface area contributed by atoms with Crippen molar-refractivity contribution in [3.05, 3.63) is 59.1 Å². The molecule has 2 aromatic carbocycles. The summed E-state index contributed by atoms with van der Waals surface area (Å²) in [5.41, 5.74) is 0.705. The summed E-state index contributed by atoms with van der Waals surface area (Å²) in [4.78, 5) is 12.5. The van der Waals surface area contributed by atoms with Gasteiger partial charge >= 0.3 is 0 Å². The van der Waals surface area contributed by atoms with Crippen LogP contribution in [0.25, 0.3) is 0 Å². The minimum Gasteiger partial charge on any atom is -0.351 e. The van der Waals surface area contributed by atoms with Crippen LogP contribution in [0.3, 0.4) is 0 Å². The SMILES string of the molecule is CN(CC(=O)NCc1ccc(S(=O)(=O)N2CCCC2)cc1)S(=O)(=O)c1ccc(Cl)cc1. The number of sulfonamides is 2. The van der Waals surface area contributed by atoms with Gasteiger partial charge in [-0.05, 0) is 54.8 Å². The summed E-state index contributed by atoms with van der Waals surface area (Å²) in [6.45, 7) is 0.864. The van der Waals surface area contributed by atoms with Crippen molar-refractivity contribution >= 4 is 37.6 Å². The van der Waals surface area contributed by atoms with E-state index in [0.29, 0.717) is 23.7 Å². The van der Waals surface area contributed by atoms with E-state index < -0.39 is 26.0 Å². The Bertz CT molecular complexity index is 1130. The molecule has 0 atom stereocenters. The first-order valence-corrected chi connectivity index (χ1v) is 12.9. The van der Waals surface area contributed by atoms with Crippen LogP contribution in [-0.2, 0) is 31.4 Å². The smallest absolute Gasteiger partial charge is 0.243 e. The maximum absolute atomic E-state index is 12.5. The van der Waals surface area contributed by atoms with Gasteiger partial charge in [-0.15, -0.1) is 0 Å². The number of rotatable bonds is 8. The fourth-order valence-corrected chi connectivity index (χ4v) is 5.96. The van der Waals surface area contributed by atoms with Crippen molar-refractivity contribution in [1.82, 2.24) is 13.9 Å². The zero-order chi connectivity index (χ0) is 22.6. The van der Waals surface area contributed by atoms with Crippen molar-refractivity contribution in [3.8, 4) is 0 Å². The summed E-state index contributed by atoms with van der Waals surface area (Å²) < 4.78 is 52.6. The molecule has 31 heavy (non-hydrogen) atoms. The molecule has 1 fully saturated rings. The average Bonchev–Trinajstić information content (AvgIpc) is 3.29. The van der Waals surface area contributed by atoms with E-state index in [0.717, 1.165) is 17.1 Å². The lowest BCUT2D eigenvalue weighted by Gasteiger charge is -2.17. The molecule has 0 aliphatic carbocycles. The maximum Gasteiger partial charge on any atom is 0.243 e. The zero-order valence-corrected chi connectivity index (χ0v) is 19.4. The molecule has 0 aromatic heterocycles. The second-order valence-corrected chi connectivity index (χ2v) is 11.7. The van der Waals surface area contributed by atoms with Crippen LogP contribution >= 0.6 is 11.6 Å². The maximum atomic E-state index is 12.5. The summed E-state index contributed by atoms with van der Waals surface area (Å²) in [6.07, 6.45) is 1.73. The quantitative estimate of drug-likeness (QED) is 0.616. The molecular weight excluding hydrogens is 462 g/mol. The van der Waals surface area contributed by atoms with Crippen LogP contribution in [0.1, 0.15) is 18.4 Å². The lowest BCUT2D eigenvalue weighted by Crippen LogP contribution is -2.38. The van der Waals surface area contributed by atoms with Crippen LogP contribution in [0.15, 0.2) is 58.3 Å². The van der Waals surface area contributed by atoms with E-state index in [1.807, 2.05) is 0 Å². The Kier molecular flexibility index (Phi) is 7.38. The normalized spacial score (nSPS) is 15.3. The molecule has 0 saturated carbocycles. The predicted octanol–water partition coefficient (Wildman–Crippen LogP) is 2.06. The average molecular weight is 486 g/mol. The van der Waals surface area contributed by atoms with Crippen molar-refractivity contribution in [3.63, 3.8) is 0 Å². The third-order valence-electron chi connectivity index (χ3n) is 5.00. The molecule has 1 aliphatic heterocycles. The van der Waals surface area contributed by atoms with Crippen LogP contribution in [0.5, 0.6) is 0 Å². The van der Waals surface area contributed by atoms with Crippen molar-refractivity contribution < 1.29 is 21.6 Å². The van der Waals surface area contributed by atoms with Gasteiger partial charge in [0.2, 0.25) is 26.0 Å². The van der Waals surface area contributed by atoms with E-state index >= 15 is 0 Å². The molecule has 0 radical (unpaired) electrons. The Morgan fingerprint density at radius 2 is 1.52 bits per heavy atom. The minimum absolute atomic E-state index is 0.0435. The van der Waals surface area contributed by atoms with E-state index in [2.05, 4.69) is 5.32 Å². The van der Waals surface area contributed by atoms with Crippen molar-refractivity contribution in [2.75, 3.05) is 26.7 Å². The van der Waals surface area contributed by atoms with Crippen LogP contribution in [0.2, 0.25) is 5.02 Å². The first-order valence-electron chi connectivity index (χ1n) is 9.68. The number of likely N-dealkylation sites (N-methyl/N-ethyl adjacent to an activating group) is 1. The molecule has 168 valence electrons. The van der Waals surface area contributed by atoms with Gasteiger partial charge in [-0.1, -0.05) is 23.7 Å². The van der Waals surface area contributed by atoms with Gasteiger partial charge in [-0.2, -0.15) is 8.61 Å². The standard InChI is InChI=1S/C20H24ClN3O5S2/c1-23(30(26,27)18-10-6-17(21)7-11-18)15-20(25)22-14-16-4-8-19(9-5-16)31(28,29)24-12-2-3-13-24/h4-11H,2-3,12-15H2,1H3,(H,22,25). The molecule has 3 rings (SSSR count). The van der Waals surface area contributed by atoms with E-state index in [4.69, 9.17) is 11.6 Å². The van der Waals surface area contributed by atoms with Gasteiger partial charge in [0, 0.05) is 31.7 Å². The van der Waals surface area contributed by atoms with Gasteiger partial charge < -0.3 is 5.32 Å². The van der Waals surface area contributed by atoms with Gasteiger partial charge in [0.1, 0.15) is 0 Å². The lowest BCUT2D eigenvalue weighted by molar-refractivity contribution is -0.121. The highest BCUT2D eigenvalue weighted by Gasteiger charge is 2.27. The molecule has 1 amide bonds. The third-order valence-corrected chi connectivity index (χ3v) is 8.99. The Balaban J connectivity index is 1.56. The first kappa shape index (κ1) is 23.7. The highest BCUT2D eigenvalue weighted by atomic mass is 35.5. The predicted molar refractivity (Wildman–Crippen MR) is 118 cm³/mol. The van der Waals surface area contributed by atoms with Gasteiger partial charge in [0.25, 0.3) is 0 Å². The Morgan fingerprint density at radius 1 is 0.968 bits per heavy atom. The second-order valence-electron chi connectivity index (χ2n) is 7.25. The highest BCUT2D eigenvalue weighted by molar-refractivity contribution is 7.89. The molecule has 1 N–H and O–H groups in total. The van der Waals surface area contributed by atoms with E-state index in [1.54, 1.807) is 12.1 Å². The van der Waals surface area contributed by atoms with Gasteiger partial charge in [-0.25, -0.2) is 16.8 Å². The molecule has 0 bridgehead atoms. The number of benzene rings is 2. The van der Waals surface area contributed by atoms with Crippen molar-refractivity contribution in [2.45, 2.75) is 29.2 Å². The molecule has 1 saturated heterocycles. The summed E-state index contributed by atoms with van der Waals surface area (Å²) >= 11 is 5.78. The van der Waals surface area contributed by atoms with Gasteiger partial charge in [-0.3, -0.25) is 4.79 Å². The van der Waals surface area contributed by atoms with Crippen LogP contribution in [-0.4, -0.2) is 58.0 Å². The minimum atomic E-state index is -3.82. The summed E-state index contributed by atoms with van der Waals surface area (Å²) in [5, 5.41) is 3.07. The lowest BCUT2D eigenvalue weighted by atomic mass is 10.2. The van der Waals surface area contributed by atoms with E-state index in [1.165, 1.54) is 47.8 Å². The number of hydrogen-bond donors (Lipinski definition) is 1. The molecule has 1 aliphatic rings. The van der Waals surface area contributed by atoms with E-state index in [-0.39, 0.29) is 22.9 Å². The number of halogens is 1. The molecule has 0 spiro atoms. The Hall–Kier alpha value is -1.98. The molecule has 11 heteroatoms. The molecule has 1 heterocycles. The van der Waals surface area contributed by atoms with E-state index in [9.17, 15) is 21.6 Å². The number of carbonyl (C=O) groups is 1. The van der Waals surface area contributed by atoms with Gasteiger partial charge in [0.15, 0.2) is 0 Å². The summed E-state index contributed by atoms with van der Waals surface area (Å²) in [6, 6.07) is 12.0. The van der Waals surface area contributed by atoms with Crippen LogP contribution in [0.4, 0.5) is 0 Å². The topological polar surface area (TPSA) is 104 Å². The third kappa shape index (κ3) is 5.64. The zero-order valence-electron chi connectivity index (χ0n) is 17.0. The number of hydrogen-bond acceptors (Lipinski definition) is 5. The number of nitrogens with one attached hydrogen (secondary N) is 1. The Labute approximate surface area is 187 Å². The monoisotopic (exact) mass is 485 g/mol.